The van der Waals surface area contributed by atoms with Gasteiger partial charge in [-0.3, -0.25) is 4.90 Å². The molecule has 8 heteroatoms. The summed E-state index contributed by atoms with van der Waals surface area (Å²) < 4.78 is 45.0. The maximum Gasteiger partial charge on any atom is 0.244 e. The standard InChI is InChI=1S/C14H18ClFN2O3S/c1-14(17-4-6-21-7-5-17)9-18(10-14)22(19,20)13-3-2-11(16)8-12(13)15/h2-3,8H,4-7,9-10H2,1H3. The molecule has 2 fully saturated rings. The van der Waals surface area contributed by atoms with Crippen LogP contribution in [0.15, 0.2) is 23.1 Å². The van der Waals surface area contributed by atoms with Crippen LogP contribution in [0.3, 0.4) is 0 Å². The van der Waals surface area contributed by atoms with E-state index < -0.39 is 15.8 Å². The van der Waals surface area contributed by atoms with E-state index in [-0.39, 0.29) is 15.5 Å². The molecule has 2 aliphatic rings. The van der Waals surface area contributed by atoms with Crippen molar-refractivity contribution in [2.24, 2.45) is 0 Å². The van der Waals surface area contributed by atoms with Crippen molar-refractivity contribution in [3.63, 3.8) is 0 Å². The van der Waals surface area contributed by atoms with Crippen LogP contribution >= 0.6 is 11.6 Å². The van der Waals surface area contributed by atoms with Gasteiger partial charge in [-0.25, -0.2) is 12.8 Å². The molecule has 2 saturated heterocycles. The fourth-order valence-electron chi connectivity index (χ4n) is 3.01. The molecule has 2 heterocycles. The number of ether oxygens (including phenoxy) is 1. The highest BCUT2D eigenvalue weighted by molar-refractivity contribution is 7.89. The van der Waals surface area contributed by atoms with Crippen molar-refractivity contribution in [1.82, 2.24) is 9.21 Å². The molecule has 0 aliphatic carbocycles. The van der Waals surface area contributed by atoms with Crippen LogP contribution in [0.2, 0.25) is 5.02 Å². The summed E-state index contributed by atoms with van der Waals surface area (Å²) in [6, 6.07) is 3.35. The first-order valence-electron chi connectivity index (χ1n) is 7.11. The predicted octanol–water partition coefficient (Wildman–Crippen LogP) is 1.57. The minimum atomic E-state index is -3.68. The first kappa shape index (κ1) is 16.1. The predicted molar refractivity (Wildman–Crippen MR) is 81.0 cm³/mol. The second-order valence-electron chi connectivity index (χ2n) is 5.94. The van der Waals surface area contributed by atoms with E-state index in [0.29, 0.717) is 26.3 Å². The summed E-state index contributed by atoms with van der Waals surface area (Å²) in [6.07, 6.45) is 0. The lowest BCUT2D eigenvalue weighted by atomic mass is 9.92. The number of hydrogen-bond donors (Lipinski definition) is 0. The van der Waals surface area contributed by atoms with E-state index in [2.05, 4.69) is 11.8 Å². The number of hydrogen-bond acceptors (Lipinski definition) is 4. The number of nitrogens with zero attached hydrogens (tertiary/aromatic N) is 2. The van der Waals surface area contributed by atoms with Crippen LogP contribution in [0.25, 0.3) is 0 Å². The van der Waals surface area contributed by atoms with Gasteiger partial charge in [0.2, 0.25) is 10.0 Å². The molecule has 3 rings (SSSR count). The zero-order valence-electron chi connectivity index (χ0n) is 12.3. The second kappa shape index (κ2) is 5.72. The third-order valence-electron chi connectivity index (χ3n) is 4.32. The largest absolute Gasteiger partial charge is 0.379 e. The molecule has 122 valence electrons. The lowest BCUT2D eigenvalue weighted by Crippen LogP contribution is -2.70. The lowest BCUT2D eigenvalue weighted by Gasteiger charge is -2.54. The summed E-state index contributed by atoms with van der Waals surface area (Å²) in [4.78, 5) is 2.22. The van der Waals surface area contributed by atoms with Gasteiger partial charge in [0.05, 0.1) is 18.2 Å². The quantitative estimate of drug-likeness (QED) is 0.832. The van der Waals surface area contributed by atoms with E-state index in [4.69, 9.17) is 16.3 Å². The van der Waals surface area contributed by atoms with Gasteiger partial charge in [-0.2, -0.15) is 4.31 Å². The van der Waals surface area contributed by atoms with Crippen molar-refractivity contribution in [3.05, 3.63) is 29.0 Å². The molecule has 0 radical (unpaired) electrons. The van der Waals surface area contributed by atoms with Crippen molar-refractivity contribution in [3.8, 4) is 0 Å². The summed E-state index contributed by atoms with van der Waals surface area (Å²) in [5, 5.41) is -0.0834. The van der Waals surface area contributed by atoms with Crippen molar-refractivity contribution < 1.29 is 17.5 Å². The maximum atomic E-state index is 13.1. The maximum absolute atomic E-state index is 13.1. The Bertz CT molecular complexity index is 671. The zero-order valence-corrected chi connectivity index (χ0v) is 13.8. The van der Waals surface area contributed by atoms with E-state index >= 15 is 0 Å². The van der Waals surface area contributed by atoms with Crippen LogP contribution in [0.4, 0.5) is 4.39 Å². The molecule has 0 bridgehead atoms. The number of morpholine rings is 1. The van der Waals surface area contributed by atoms with Gasteiger partial charge in [0.15, 0.2) is 0 Å². The van der Waals surface area contributed by atoms with Crippen LogP contribution in [-0.2, 0) is 14.8 Å². The van der Waals surface area contributed by atoms with Crippen molar-refractivity contribution in [1.29, 1.82) is 0 Å². The molecule has 1 aromatic carbocycles. The summed E-state index contributed by atoms with van der Waals surface area (Å²) >= 11 is 5.89. The average molecular weight is 349 g/mol. The van der Waals surface area contributed by atoms with Gasteiger partial charge in [0.1, 0.15) is 10.7 Å². The van der Waals surface area contributed by atoms with Crippen LogP contribution in [0, 0.1) is 5.82 Å². The highest BCUT2D eigenvalue weighted by Crippen LogP contribution is 2.35. The molecule has 1 aromatic rings. The van der Waals surface area contributed by atoms with Crippen molar-refractivity contribution in [2.45, 2.75) is 17.4 Å². The van der Waals surface area contributed by atoms with Crippen LogP contribution in [0.5, 0.6) is 0 Å². The number of halogens is 2. The third kappa shape index (κ3) is 2.76. The summed E-state index contributed by atoms with van der Waals surface area (Å²) in [7, 11) is -3.68. The van der Waals surface area contributed by atoms with Crippen LogP contribution < -0.4 is 0 Å². The fourth-order valence-corrected chi connectivity index (χ4v) is 5.19. The summed E-state index contributed by atoms with van der Waals surface area (Å²) in [5.41, 5.74) is -0.177. The van der Waals surface area contributed by atoms with Gasteiger partial charge in [-0.1, -0.05) is 11.6 Å². The number of rotatable bonds is 3. The topological polar surface area (TPSA) is 49.9 Å². The Morgan fingerprint density at radius 1 is 1.27 bits per heavy atom. The highest BCUT2D eigenvalue weighted by Gasteiger charge is 2.49. The molecule has 0 N–H and O–H groups in total. The highest BCUT2D eigenvalue weighted by atomic mass is 35.5. The molecule has 0 unspecified atom stereocenters. The Labute approximate surface area is 134 Å². The van der Waals surface area contributed by atoms with Gasteiger partial charge < -0.3 is 4.74 Å². The van der Waals surface area contributed by atoms with Gasteiger partial charge in [-0.15, -0.1) is 0 Å². The Morgan fingerprint density at radius 2 is 1.91 bits per heavy atom. The minimum Gasteiger partial charge on any atom is -0.379 e. The average Bonchev–Trinajstić information content (AvgIpc) is 2.44. The smallest absolute Gasteiger partial charge is 0.244 e. The summed E-state index contributed by atoms with van der Waals surface area (Å²) in [6.45, 7) is 5.82. The monoisotopic (exact) mass is 348 g/mol. The van der Waals surface area contributed by atoms with E-state index in [1.54, 1.807) is 0 Å². The first-order chi connectivity index (χ1) is 10.3. The first-order valence-corrected chi connectivity index (χ1v) is 8.93. The molecule has 0 aromatic heterocycles. The SMILES string of the molecule is CC1(N2CCOCC2)CN(S(=O)(=O)c2ccc(F)cc2Cl)C1. The molecule has 2 aliphatic heterocycles. The third-order valence-corrected chi connectivity index (χ3v) is 6.59. The molecule has 5 nitrogen and oxygen atoms in total. The van der Waals surface area contributed by atoms with Crippen molar-refractivity contribution >= 4 is 21.6 Å². The number of benzene rings is 1. The Hall–Kier alpha value is -0.730. The molecular weight excluding hydrogens is 331 g/mol. The minimum absolute atomic E-state index is 0.0420. The fraction of sp³-hybridized carbons (Fsp3) is 0.571. The Morgan fingerprint density at radius 3 is 2.50 bits per heavy atom. The van der Waals surface area contributed by atoms with E-state index in [1.165, 1.54) is 10.4 Å². The molecule has 0 spiro atoms. The lowest BCUT2D eigenvalue weighted by molar-refractivity contribution is -0.0602. The van der Waals surface area contributed by atoms with Gasteiger partial charge in [-0.05, 0) is 25.1 Å². The van der Waals surface area contributed by atoms with E-state index in [1.807, 2.05) is 0 Å². The van der Waals surface area contributed by atoms with Gasteiger partial charge in [0, 0.05) is 31.7 Å². The van der Waals surface area contributed by atoms with Gasteiger partial charge >= 0.3 is 0 Å². The van der Waals surface area contributed by atoms with E-state index in [0.717, 1.165) is 25.2 Å². The van der Waals surface area contributed by atoms with E-state index in [9.17, 15) is 12.8 Å². The molecular formula is C14H18ClFN2O3S. The zero-order chi connectivity index (χ0) is 16.0. The summed E-state index contributed by atoms with van der Waals surface area (Å²) in [5.74, 6) is -0.550. The Kier molecular flexibility index (Phi) is 4.20. The molecule has 22 heavy (non-hydrogen) atoms. The number of sulfonamides is 1. The molecule has 0 amide bonds. The normalized spacial score (nSPS) is 23.2. The molecule has 0 saturated carbocycles. The second-order valence-corrected chi connectivity index (χ2v) is 8.26. The molecule has 0 atom stereocenters. The van der Waals surface area contributed by atoms with Gasteiger partial charge in [0.25, 0.3) is 0 Å². The van der Waals surface area contributed by atoms with Crippen LogP contribution in [-0.4, -0.2) is 62.6 Å². The van der Waals surface area contributed by atoms with Crippen molar-refractivity contribution in [2.75, 3.05) is 39.4 Å². The Balaban J connectivity index is 1.76. The van der Waals surface area contributed by atoms with Crippen LogP contribution in [0.1, 0.15) is 6.92 Å².